The van der Waals surface area contributed by atoms with Crippen LogP contribution < -0.4 is 10.2 Å². The molecule has 4 nitrogen and oxygen atoms in total. The zero-order chi connectivity index (χ0) is 14.0. The number of nitrogens with zero attached hydrogens (tertiary/aromatic N) is 3. The normalized spacial score (nSPS) is 20.2. The Balaban J connectivity index is 2.39. The molecule has 19 heavy (non-hydrogen) atoms. The number of nitriles is 1. The van der Waals surface area contributed by atoms with E-state index >= 15 is 0 Å². The van der Waals surface area contributed by atoms with Gasteiger partial charge in [-0.25, -0.2) is 4.98 Å². The maximum Gasteiger partial charge on any atom is 0.433 e. The highest BCUT2D eigenvalue weighted by Gasteiger charge is 2.34. The van der Waals surface area contributed by atoms with Crippen LogP contribution in [0.15, 0.2) is 12.1 Å². The van der Waals surface area contributed by atoms with Crippen molar-refractivity contribution in [3.8, 4) is 6.07 Å². The molecule has 1 aromatic rings. The Morgan fingerprint density at radius 3 is 2.79 bits per heavy atom. The van der Waals surface area contributed by atoms with Crippen LogP contribution in [0.5, 0.6) is 0 Å². The minimum Gasteiger partial charge on any atom is -0.353 e. The van der Waals surface area contributed by atoms with Crippen molar-refractivity contribution in [3.63, 3.8) is 0 Å². The molecule has 1 unspecified atom stereocenters. The van der Waals surface area contributed by atoms with Gasteiger partial charge in [0.1, 0.15) is 17.6 Å². The Morgan fingerprint density at radius 1 is 1.47 bits per heavy atom. The molecule has 0 aliphatic carbocycles. The smallest absolute Gasteiger partial charge is 0.353 e. The first-order chi connectivity index (χ1) is 8.91. The monoisotopic (exact) mass is 270 g/mol. The second-order valence-corrected chi connectivity index (χ2v) is 4.48. The topological polar surface area (TPSA) is 52.0 Å². The number of nitrogens with one attached hydrogen (secondary N) is 1. The fourth-order valence-corrected chi connectivity index (χ4v) is 2.06. The van der Waals surface area contributed by atoms with Gasteiger partial charge in [0.05, 0.1) is 5.56 Å². The Morgan fingerprint density at radius 2 is 2.21 bits per heavy atom. The number of hydrogen-bond acceptors (Lipinski definition) is 4. The molecule has 1 aromatic heterocycles. The molecular weight excluding hydrogens is 257 g/mol. The largest absolute Gasteiger partial charge is 0.433 e. The molecule has 0 aromatic carbocycles. The van der Waals surface area contributed by atoms with Crippen LogP contribution in [0.4, 0.5) is 19.0 Å². The van der Waals surface area contributed by atoms with Crippen molar-refractivity contribution >= 4 is 5.82 Å². The maximum absolute atomic E-state index is 12.7. The summed E-state index contributed by atoms with van der Waals surface area (Å²) in [5, 5.41) is 12.2. The van der Waals surface area contributed by atoms with Crippen molar-refractivity contribution in [2.75, 3.05) is 24.5 Å². The third kappa shape index (κ3) is 2.96. The molecule has 0 saturated carbocycles. The maximum atomic E-state index is 12.7. The molecule has 1 fully saturated rings. The number of pyridine rings is 1. The van der Waals surface area contributed by atoms with Gasteiger partial charge < -0.3 is 10.2 Å². The number of alkyl halides is 3. The third-order valence-corrected chi connectivity index (χ3v) is 2.95. The van der Waals surface area contributed by atoms with Crippen LogP contribution >= 0.6 is 0 Å². The molecule has 0 amide bonds. The van der Waals surface area contributed by atoms with Crippen LogP contribution in [0.1, 0.15) is 18.2 Å². The predicted octanol–water partition coefficient (Wildman–Crippen LogP) is 1.77. The summed E-state index contributed by atoms with van der Waals surface area (Å²) in [4.78, 5) is 5.34. The first-order valence-corrected chi connectivity index (χ1v) is 5.88. The molecule has 1 N–H and O–H groups in total. The molecule has 0 radical (unpaired) electrons. The minimum absolute atomic E-state index is 0.116. The number of hydrogen-bond donors (Lipinski definition) is 1. The quantitative estimate of drug-likeness (QED) is 0.845. The zero-order valence-corrected chi connectivity index (χ0v) is 10.3. The van der Waals surface area contributed by atoms with Crippen molar-refractivity contribution in [2.45, 2.75) is 19.1 Å². The molecular formula is C12H13F3N4. The second kappa shape index (κ2) is 5.05. The highest BCUT2D eigenvalue weighted by molar-refractivity contribution is 5.55. The first-order valence-electron chi connectivity index (χ1n) is 5.88. The highest BCUT2D eigenvalue weighted by Crippen LogP contribution is 2.30. The van der Waals surface area contributed by atoms with E-state index in [1.165, 1.54) is 6.07 Å². The van der Waals surface area contributed by atoms with E-state index in [-0.39, 0.29) is 17.4 Å². The van der Waals surface area contributed by atoms with Gasteiger partial charge in [-0.3, -0.25) is 0 Å². The lowest BCUT2D eigenvalue weighted by Crippen LogP contribution is -2.49. The van der Waals surface area contributed by atoms with Gasteiger partial charge in [0.2, 0.25) is 0 Å². The summed E-state index contributed by atoms with van der Waals surface area (Å²) in [6.45, 7) is 3.66. The standard InChI is InChI=1S/C12H13F3N4/c1-8-7-19(5-4-17-8)11-9(6-16)2-3-10(18-11)12(13,14)15/h2-3,8,17H,4-5,7H2,1H3. The van der Waals surface area contributed by atoms with Crippen LogP contribution in [-0.4, -0.2) is 30.7 Å². The molecule has 2 rings (SSSR count). The summed E-state index contributed by atoms with van der Waals surface area (Å²) in [7, 11) is 0. The molecule has 2 heterocycles. The van der Waals surface area contributed by atoms with E-state index in [4.69, 9.17) is 5.26 Å². The van der Waals surface area contributed by atoms with Gasteiger partial charge in [-0.15, -0.1) is 0 Å². The molecule has 1 aliphatic heterocycles. The van der Waals surface area contributed by atoms with Crippen molar-refractivity contribution in [2.24, 2.45) is 0 Å². The van der Waals surface area contributed by atoms with Gasteiger partial charge in [-0.1, -0.05) is 0 Å². The van der Waals surface area contributed by atoms with Crippen LogP contribution in [0.2, 0.25) is 0 Å². The van der Waals surface area contributed by atoms with Crippen LogP contribution in [0, 0.1) is 11.3 Å². The number of aromatic nitrogens is 1. The predicted molar refractivity (Wildman–Crippen MR) is 63.6 cm³/mol. The highest BCUT2D eigenvalue weighted by atomic mass is 19.4. The molecule has 0 spiro atoms. The Bertz CT molecular complexity index is 507. The number of piperazine rings is 1. The van der Waals surface area contributed by atoms with Gasteiger partial charge in [-0.05, 0) is 19.1 Å². The van der Waals surface area contributed by atoms with Crippen molar-refractivity contribution < 1.29 is 13.2 Å². The fraction of sp³-hybridized carbons (Fsp3) is 0.500. The summed E-state index contributed by atoms with van der Waals surface area (Å²) < 4.78 is 38.0. The second-order valence-electron chi connectivity index (χ2n) is 4.48. The zero-order valence-electron chi connectivity index (χ0n) is 10.3. The molecule has 0 bridgehead atoms. The molecule has 7 heteroatoms. The number of halogens is 3. The Kier molecular flexibility index (Phi) is 3.62. The van der Waals surface area contributed by atoms with E-state index < -0.39 is 11.9 Å². The Hall–Kier alpha value is -1.81. The van der Waals surface area contributed by atoms with Gasteiger partial charge in [0.25, 0.3) is 0 Å². The van der Waals surface area contributed by atoms with Crippen LogP contribution in [0.3, 0.4) is 0 Å². The molecule has 1 aliphatic rings. The molecule has 1 saturated heterocycles. The van der Waals surface area contributed by atoms with E-state index in [1.807, 2.05) is 13.0 Å². The van der Waals surface area contributed by atoms with E-state index in [2.05, 4.69) is 10.3 Å². The molecule has 102 valence electrons. The van der Waals surface area contributed by atoms with Gasteiger partial charge in [0, 0.05) is 25.7 Å². The summed E-state index contributed by atoms with van der Waals surface area (Å²) in [5.41, 5.74) is -0.796. The van der Waals surface area contributed by atoms with Crippen LogP contribution in [-0.2, 0) is 6.18 Å². The van der Waals surface area contributed by atoms with Crippen molar-refractivity contribution in [1.29, 1.82) is 5.26 Å². The van der Waals surface area contributed by atoms with Gasteiger partial charge in [0.15, 0.2) is 0 Å². The SMILES string of the molecule is CC1CN(c2nc(C(F)(F)F)ccc2C#N)CCN1. The van der Waals surface area contributed by atoms with Gasteiger partial charge >= 0.3 is 6.18 Å². The average Bonchev–Trinajstić information content (AvgIpc) is 2.37. The third-order valence-electron chi connectivity index (χ3n) is 2.95. The van der Waals surface area contributed by atoms with E-state index in [9.17, 15) is 13.2 Å². The van der Waals surface area contributed by atoms with E-state index in [0.717, 1.165) is 6.07 Å². The van der Waals surface area contributed by atoms with E-state index in [1.54, 1.807) is 4.90 Å². The van der Waals surface area contributed by atoms with E-state index in [0.29, 0.717) is 19.6 Å². The lowest BCUT2D eigenvalue weighted by Gasteiger charge is -2.33. The summed E-state index contributed by atoms with van der Waals surface area (Å²) in [6, 6.07) is 4.06. The molecule has 1 atom stereocenters. The minimum atomic E-state index is -4.50. The van der Waals surface area contributed by atoms with Crippen molar-refractivity contribution in [1.82, 2.24) is 10.3 Å². The lowest BCUT2D eigenvalue weighted by molar-refractivity contribution is -0.141. The summed E-state index contributed by atoms with van der Waals surface area (Å²) >= 11 is 0. The average molecular weight is 270 g/mol. The summed E-state index contributed by atoms with van der Waals surface area (Å²) in [5.74, 6) is 0.116. The Labute approximate surface area is 108 Å². The number of rotatable bonds is 1. The fourth-order valence-electron chi connectivity index (χ4n) is 2.06. The van der Waals surface area contributed by atoms with Gasteiger partial charge in [-0.2, -0.15) is 18.4 Å². The number of anilines is 1. The summed E-state index contributed by atoms with van der Waals surface area (Å²) in [6.07, 6.45) is -4.50. The lowest BCUT2D eigenvalue weighted by atomic mass is 10.2. The van der Waals surface area contributed by atoms with Crippen molar-refractivity contribution in [3.05, 3.63) is 23.4 Å². The van der Waals surface area contributed by atoms with Crippen LogP contribution in [0.25, 0.3) is 0 Å². The first kappa shape index (κ1) is 13.6.